The van der Waals surface area contributed by atoms with Crippen LogP contribution in [0.4, 0.5) is 0 Å². The Morgan fingerprint density at radius 2 is 1.69 bits per heavy atom. The minimum atomic E-state index is 0.682. The van der Waals surface area contributed by atoms with E-state index in [0.29, 0.717) is 5.41 Å². The lowest BCUT2D eigenvalue weighted by Gasteiger charge is -2.41. The van der Waals surface area contributed by atoms with E-state index >= 15 is 0 Å². The van der Waals surface area contributed by atoms with Crippen molar-refractivity contribution in [2.24, 2.45) is 5.41 Å². The predicted molar refractivity (Wildman–Crippen MR) is 71.8 cm³/mol. The number of unbranched alkanes of at least 4 members (excludes halogenated alkanes) is 1. The average molecular weight is 226 g/mol. The highest BCUT2D eigenvalue weighted by Crippen LogP contribution is 2.37. The minimum Gasteiger partial charge on any atom is -0.320 e. The Hall–Kier alpha value is -0.0800. The number of hydrogen-bond donors (Lipinski definition) is 1. The second-order valence-corrected chi connectivity index (χ2v) is 5.36. The van der Waals surface area contributed by atoms with Crippen LogP contribution in [0.5, 0.6) is 0 Å². The fourth-order valence-corrected chi connectivity index (χ4v) is 2.85. The number of likely N-dealkylation sites (tertiary alicyclic amines) is 1. The van der Waals surface area contributed by atoms with Crippen LogP contribution in [0.15, 0.2) is 0 Å². The Balaban J connectivity index is 2.16. The zero-order chi connectivity index (χ0) is 11.9. The van der Waals surface area contributed by atoms with Gasteiger partial charge >= 0.3 is 0 Å². The third-order valence-electron chi connectivity index (χ3n) is 4.57. The molecular weight excluding hydrogens is 196 g/mol. The quantitative estimate of drug-likeness (QED) is 0.672. The van der Waals surface area contributed by atoms with Crippen LogP contribution >= 0.6 is 0 Å². The van der Waals surface area contributed by atoms with Crippen LogP contribution < -0.4 is 5.32 Å². The van der Waals surface area contributed by atoms with Crippen LogP contribution in [0.2, 0.25) is 0 Å². The molecule has 0 unspecified atom stereocenters. The molecule has 0 aromatic rings. The van der Waals surface area contributed by atoms with Crippen LogP contribution in [-0.2, 0) is 0 Å². The molecule has 1 N–H and O–H groups in total. The van der Waals surface area contributed by atoms with Gasteiger partial charge in [0.2, 0.25) is 0 Å². The van der Waals surface area contributed by atoms with Crippen molar-refractivity contribution in [3.8, 4) is 0 Å². The van der Waals surface area contributed by atoms with Gasteiger partial charge in [-0.05, 0) is 64.3 Å². The van der Waals surface area contributed by atoms with Crippen molar-refractivity contribution in [1.82, 2.24) is 10.2 Å². The van der Waals surface area contributed by atoms with Gasteiger partial charge in [-0.2, -0.15) is 0 Å². The Morgan fingerprint density at radius 1 is 1.06 bits per heavy atom. The maximum Gasteiger partial charge on any atom is -0.00134 e. The van der Waals surface area contributed by atoms with E-state index in [0.717, 1.165) is 0 Å². The highest BCUT2D eigenvalue weighted by atomic mass is 15.1. The van der Waals surface area contributed by atoms with Crippen LogP contribution in [0.1, 0.15) is 52.4 Å². The van der Waals surface area contributed by atoms with Gasteiger partial charge in [-0.25, -0.2) is 0 Å². The van der Waals surface area contributed by atoms with E-state index in [1.165, 1.54) is 64.7 Å². The van der Waals surface area contributed by atoms with Crippen molar-refractivity contribution in [3.63, 3.8) is 0 Å². The van der Waals surface area contributed by atoms with Gasteiger partial charge in [-0.15, -0.1) is 0 Å². The molecule has 2 nitrogen and oxygen atoms in total. The molecule has 1 aliphatic rings. The van der Waals surface area contributed by atoms with E-state index in [9.17, 15) is 0 Å². The molecule has 0 aliphatic carbocycles. The van der Waals surface area contributed by atoms with Gasteiger partial charge in [0, 0.05) is 0 Å². The SMILES string of the molecule is CCC1(CC)CCN(CCCCNC)CC1. The van der Waals surface area contributed by atoms with Crippen molar-refractivity contribution in [3.05, 3.63) is 0 Å². The molecule has 0 radical (unpaired) electrons. The summed E-state index contributed by atoms with van der Waals surface area (Å²) in [6.45, 7) is 9.88. The standard InChI is InChI=1S/C14H30N2/c1-4-14(5-2)8-12-16(13-9-14)11-7-6-10-15-3/h15H,4-13H2,1-3H3. The molecule has 0 amide bonds. The van der Waals surface area contributed by atoms with Crippen LogP contribution in [-0.4, -0.2) is 38.1 Å². The fourth-order valence-electron chi connectivity index (χ4n) is 2.85. The van der Waals surface area contributed by atoms with E-state index < -0.39 is 0 Å². The zero-order valence-corrected chi connectivity index (χ0v) is 11.5. The van der Waals surface area contributed by atoms with E-state index in [4.69, 9.17) is 0 Å². The second-order valence-electron chi connectivity index (χ2n) is 5.36. The molecule has 0 saturated carbocycles. The van der Waals surface area contributed by atoms with Gasteiger partial charge in [-0.1, -0.05) is 26.7 Å². The van der Waals surface area contributed by atoms with Gasteiger partial charge in [0.05, 0.1) is 0 Å². The van der Waals surface area contributed by atoms with Crippen LogP contribution in [0, 0.1) is 5.41 Å². The maximum absolute atomic E-state index is 3.22. The van der Waals surface area contributed by atoms with Crippen molar-refractivity contribution >= 4 is 0 Å². The highest BCUT2D eigenvalue weighted by Gasteiger charge is 2.30. The largest absolute Gasteiger partial charge is 0.320 e. The van der Waals surface area contributed by atoms with E-state index in [2.05, 4.69) is 24.1 Å². The summed E-state index contributed by atoms with van der Waals surface area (Å²) in [5.41, 5.74) is 0.682. The molecule has 0 bridgehead atoms. The van der Waals surface area contributed by atoms with Gasteiger partial charge in [0.1, 0.15) is 0 Å². The normalized spacial score (nSPS) is 21.2. The molecule has 1 aliphatic heterocycles. The molecule has 0 aromatic heterocycles. The molecule has 1 heterocycles. The molecule has 2 heteroatoms. The predicted octanol–water partition coefficient (Wildman–Crippen LogP) is 2.89. The Bertz CT molecular complexity index is 166. The van der Waals surface area contributed by atoms with Gasteiger partial charge < -0.3 is 10.2 Å². The highest BCUT2D eigenvalue weighted by molar-refractivity contribution is 4.83. The van der Waals surface area contributed by atoms with Crippen molar-refractivity contribution < 1.29 is 0 Å². The van der Waals surface area contributed by atoms with Crippen LogP contribution in [0.25, 0.3) is 0 Å². The minimum absolute atomic E-state index is 0.682. The summed E-state index contributed by atoms with van der Waals surface area (Å²) in [5.74, 6) is 0. The summed E-state index contributed by atoms with van der Waals surface area (Å²) in [5, 5.41) is 3.22. The first-order valence-electron chi connectivity index (χ1n) is 7.13. The molecule has 1 saturated heterocycles. The Labute approximate surface area is 102 Å². The fraction of sp³-hybridized carbons (Fsp3) is 1.00. The lowest BCUT2D eigenvalue weighted by Crippen LogP contribution is -2.40. The summed E-state index contributed by atoms with van der Waals surface area (Å²) < 4.78 is 0. The first kappa shape index (κ1) is 14.0. The van der Waals surface area contributed by atoms with E-state index in [1.54, 1.807) is 0 Å². The van der Waals surface area contributed by atoms with Crippen molar-refractivity contribution in [2.45, 2.75) is 52.4 Å². The Morgan fingerprint density at radius 3 is 2.19 bits per heavy atom. The van der Waals surface area contributed by atoms with Gasteiger partial charge in [0.15, 0.2) is 0 Å². The van der Waals surface area contributed by atoms with Crippen molar-refractivity contribution in [2.75, 3.05) is 33.2 Å². The number of piperidine rings is 1. The molecular formula is C14H30N2. The first-order chi connectivity index (χ1) is 7.76. The summed E-state index contributed by atoms with van der Waals surface area (Å²) >= 11 is 0. The number of nitrogens with one attached hydrogen (secondary N) is 1. The molecule has 0 atom stereocenters. The molecule has 0 aromatic carbocycles. The summed E-state index contributed by atoms with van der Waals surface area (Å²) in [4.78, 5) is 2.67. The molecule has 0 spiro atoms. The third kappa shape index (κ3) is 4.06. The molecule has 16 heavy (non-hydrogen) atoms. The van der Waals surface area contributed by atoms with Crippen molar-refractivity contribution in [1.29, 1.82) is 0 Å². The zero-order valence-electron chi connectivity index (χ0n) is 11.5. The molecule has 1 fully saturated rings. The van der Waals surface area contributed by atoms with E-state index in [-0.39, 0.29) is 0 Å². The second kappa shape index (κ2) is 7.29. The van der Waals surface area contributed by atoms with Gasteiger partial charge in [0.25, 0.3) is 0 Å². The average Bonchev–Trinajstić information content (AvgIpc) is 2.36. The Kier molecular flexibility index (Phi) is 6.37. The van der Waals surface area contributed by atoms with E-state index in [1.807, 2.05) is 7.05 Å². The number of rotatable bonds is 7. The lowest BCUT2D eigenvalue weighted by atomic mass is 9.74. The third-order valence-corrected chi connectivity index (χ3v) is 4.57. The molecule has 1 rings (SSSR count). The topological polar surface area (TPSA) is 15.3 Å². The summed E-state index contributed by atoms with van der Waals surface area (Å²) in [6.07, 6.45) is 8.26. The van der Waals surface area contributed by atoms with Crippen LogP contribution in [0.3, 0.4) is 0 Å². The number of nitrogens with zero attached hydrogens (tertiary/aromatic N) is 1. The monoisotopic (exact) mass is 226 g/mol. The number of hydrogen-bond acceptors (Lipinski definition) is 2. The smallest absolute Gasteiger partial charge is 0.00134 e. The molecule has 96 valence electrons. The maximum atomic E-state index is 3.22. The lowest BCUT2D eigenvalue weighted by molar-refractivity contribution is 0.0944. The summed E-state index contributed by atoms with van der Waals surface area (Å²) in [6, 6.07) is 0. The summed E-state index contributed by atoms with van der Waals surface area (Å²) in [7, 11) is 2.04. The van der Waals surface area contributed by atoms with Gasteiger partial charge in [-0.3, -0.25) is 0 Å². The first-order valence-corrected chi connectivity index (χ1v) is 7.13.